The van der Waals surface area contributed by atoms with Crippen LogP contribution in [0.2, 0.25) is 0 Å². The van der Waals surface area contributed by atoms with Gasteiger partial charge in [-0.1, -0.05) is 42.1 Å². The van der Waals surface area contributed by atoms with Gasteiger partial charge in [0.2, 0.25) is 11.8 Å². The Bertz CT molecular complexity index is 953. The lowest BCUT2D eigenvalue weighted by atomic mass is 10.2. The Labute approximate surface area is 187 Å². The van der Waals surface area contributed by atoms with Crippen LogP contribution in [0.4, 0.5) is 14.5 Å². The van der Waals surface area contributed by atoms with E-state index in [0.29, 0.717) is 23.9 Å². The Balaban J connectivity index is 1.83. The Hall–Kier alpha value is -2.65. The van der Waals surface area contributed by atoms with Gasteiger partial charge in [-0.15, -0.1) is 8.78 Å². The second-order valence-corrected chi connectivity index (χ2v) is 8.22. The van der Waals surface area contributed by atoms with E-state index in [1.165, 1.54) is 40.9 Å². The molecule has 0 radical (unpaired) electrons. The monoisotopic (exact) mass is 467 g/mol. The van der Waals surface area contributed by atoms with Crippen LogP contribution in [0, 0.1) is 0 Å². The maximum Gasteiger partial charge on any atom is 0.487 e. The molecule has 3 rings (SSSR count). The van der Waals surface area contributed by atoms with Gasteiger partial charge < -0.3 is 10.1 Å². The lowest BCUT2D eigenvalue weighted by Gasteiger charge is -2.16. The number of halogens is 3. The molecular formula is C21H20ClF2N3O3S. The summed E-state index contributed by atoms with van der Waals surface area (Å²) in [6, 6.07) is 15.0. The van der Waals surface area contributed by atoms with Gasteiger partial charge in [0, 0.05) is 24.6 Å². The van der Waals surface area contributed by atoms with Crippen molar-refractivity contribution in [3.8, 4) is 5.75 Å². The molecule has 0 aliphatic carbocycles. The number of nitrogens with zero attached hydrogens (tertiary/aromatic N) is 2. The zero-order valence-electron chi connectivity index (χ0n) is 16.6. The van der Waals surface area contributed by atoms with Gasteiger partial charge in [-0.2, -0.15) is 0 Å². The van der Waals surface area contributed by atoms with E-state index in [4.69, 9.17) is 11.6 Å². The fourth-order valence-corrected chi connectivity index (χ4v) is 4.15. The van der Waals surface area contributed by atoms with E-state index in [-0.39, 0.29) is 24.0 Å². The Morgan fingerprint density at radius 1 is 1.23 bits per heavy atom. The number of thioether (sulfide) groups is 1. The SMILES string of the molecule is CCNC(=O)C[C@H]1SC(=Nc2ccc(OC(F)(F)Cl)cc2)N(Cc2ccccc2)C1=O. The Kier molecular flexibility index (Phi) is 7.50. The summed E-state index contributed by atoms with van der Waals surface area (Å²) < 4.78 is 29.8. The number of benzene rings is 2. The molecule has 1 aliphatic rings. The van der Waals surface area contributed by atoms with Crippen molar-refractivity contribution >= 4 is 46.0 Å². The molecule has 1 fully saturated rings. The van der Waals surface area contributed by atoms with Gasteiger partial charge in [-0.25, -0.2) is 4.99 Å². The van der Waals surface area contributed by atoms with Crippen molar-refractivity contribution in [3.05, 3.63) is 60.2 Å². The predicted octanol–water partition coefficient (Wildman–Crippen LogP) is 4.51. The van der Waals surface area contributed by atoms with Crippen molar-refractivity contribution in [1.82, 2.24) is 10.2 Å². The number of amidine groups is 1. The third-order valence-corrected chi connectivity index (χ3v) is 5.50. The first-order valence-electron chi connectivity index (χ1n) is 9.48. The van der Waals surface area contributed by atoms with E-state index in [1.807, 2.05) is 37.3 Å². The summed E-state index contributed by atoms with van der Waals surface area (Å²) >= 11 is 5.98. The molecule has 2 amide bonds. The normalized spacial score (nSPS) is 17.8. The smallest absolute Gasteiger partial charge is 0.420 e. The van der Waals surface area contributed by atoms with E-state index < -0.39 is 10.8 Å². The summed E-state index contributed by atoms with van der Waals surface area (Å²) in [6.45, 7) is 2.59. The summed E-state index contributed by atoms with van der Waals surface area (Å²) in [5.41, 5.74) is -2.45. The highest BCUT2D eigenvalue weighted by atomic mass is 35.5. The fourth-order valence-electron chi connectivity index (χ4n) is 2.91. The molecule has 1 aliphatic heterocycles. The Morgan fingerprint density at radius 3 is 2.52 bits per heavy atom. The lowest BCUT2D eigenvalue weighted by molar-refractivity contribution is -0.129. The van der Waals surface area contributed by atoms with Gasteiger partial charge in [0.25, 0.3) is 0 Å². The van der Waals surface area contributed by atoms with Crippen LogP contribution in [0.25, 0.3) is 0 Å². The molecule has 0 unspecified atom stereocenters. The van der Waals surface area contributed by atoms with Crippen molar-refractivity contribution in [2.45, 2.75) is 30.7 Å². The maximum absolute atomic E-state index is 13.0. The molecule has 1 heterocycles. The first kappa shape index (κ1) is 23.0. The second kappa shape index (κ2) is 10.1. The highest BCUT2D eigenvalue weighted by Gasteiger charge is 2.39. The van der Waals surface area contributed by atoms with Crippen LogP contribution in [-0.2, 0) is 16.1 Å². The molecule has 1 saturated heterocycles. The number of carbonyl (C=O) groups is 2. The minimum atomic E-state index is -3.81. The van der Waals surface area contributed by atoms with Gasteiger partial charge in [-0.05, 0) is 36.8 Å². The number of carbonyl (C=O) groups excluding carboxylic acids is 2. The summed E-state index contributed by atoms with van der Waals surface area (Å²) in [7, 11) is 0. The highest BCUT2D eigenvalue weighted by Crippen LogP contribution is 2.33. The standard InChI is InChI=1S/C21H20ClF2N3O3S/c1-2-25-18(28)12-17-19(29)27(13-14-6-4-3-5-7-14)20(31-17)26-15-8-10-16(11-9-15)30-21(22,23)24/h3-11,17H,2,12-13H2,1H3,(H,25,28)/t17-/m1/s1. The summed E-state index contributed by atoms with van der Waals surface area (Å²) in [5, 5.41) is 2.54. The van der Waals surface area contributed by atoms with Gasteiger partial charge in [0.15, 0.2) is 5.17 Å². The molecule has 31 heavy (non-hydrogen) atoms. The van der Waals surface area contributed by atoms with Gasteiger partial charge in [0.1, 0.15) is 11.0 Å². The Morgan fingerprint density at radius 2 is 1.90 bits per heavy atom. The van der Waals surface area contributed by atoms with Crippen molar-refractivity contribution in [2.24, 2.45) is 4.99 Å². The summed E-state index contributed by atoms with van der Waals surface area (Å²) in [6.07, 6.45) is 0.0409. The van der Waals surface area contributed by atoms with E-state index >= 15 is 0 Å². The van der Waals surface area contributed by atoms with E-state index in [9.17, 15) is 18.4 Å². The molecule has 2 aromatic carbocycles. The second-order valence-electron chi connectivity index (χ2n) is 6.61. The number of hydrogen-bond donors (Lipinski definition) is 1. The van der Waals surface area contributed by atoms with Crippen LogP contribution in [0.5, 0.6) is 5.75 Å². The number of amides is 2. The largest absolute Gasteiger partial charge is 0.487 e. The molecule has 164 valence electrons. The van der Waals surface area contributed by atoms with Crippen LogP contribution in [0.1, 0.15) is 18.9 Å². The average molecular weight is 468 g/mol. The van der Waals surface area contributed by atoms with Crippen molar-refractivity contribution in [2.75, 3.05) is 6.54 Å². The zero-order chi connectivity index (χ0) is 22.4. The fraction of sp³-hybridized carbons (Fsp3) is 0.286. The molecule has 0 saturated carbocycles. The predicted molar refractivity (Wildman–Crippen MR) is 117 cm³/mol. The molecule has 0 bridgehead atoms. The number of nitrogens with one attached hydrogen (secondary N) is 1. The molecule has 1 N–H and O–H groups in total. The minimum Gasteiger partial charge on any atom is -0.420 e. The van der Waals surface area contributed by atoms with Crippen LogP contribution in [0.15, 0.2) is 59.6 Å². The molecule has 10 heteroatoms. The summed E-state index contributed by atoms with van der Waals surface area (Å²) in [5.74, 6) is -0.535. The first-order chi connectivity index (χ1) is 14.7. The van der Waals surface area contributed by atoms with Gasteiger partial charge in [0.05, 0.1) is 12.2 Å². The van der Waals surface area contributed by atoms with Crippen molar-refractivity contribution < 1.29 is 23.1 Å². The first-order valence-corrected chi connectivity index (χ1v) is 10.7. The van der Waals surface area contributed by atoms with Crippen LogP contribution < -0.4 is 10.1 Å². The number of ether oxygens (including phenoxy) is 1. The molecule has 2 aromatic rings. The topological polar surface area (TPSA) is 71.0 Å². The molecule has 0 aromatic heterocycles. The quantitative estimate of drug-likeness (QED) is 0.580. The third-order valence-electron chi connectivity index (χ3n) is 4.24. The van der Waals surface area contributed by atoms with Crippen LogP contribution in [0.3, 0.4) is 0 Å². The van der Waals surface area contributed by atoms with Crippen molar-refractivity contribution in [1.29, 1.82) is 0 Å². The van der Waals surface area contributed by atoms with Gasteiger partial charge in [-0.3, -0.25) is 14.5 Å². The number of hydrogen-bond acceptors (Lipinski definition) is 5. The number of alkyl halides is 3. The number of rotatable bonds is 8. The zero-order valence-corrected chi connectivity index (χ0v) is 18.1. The molecule has 1 atom stereocenters. The lowest BCUT2D eigenvalue weighted by Crippen LogP contribution is -2.34. The third kappa shape index (κ3) is 6.67. The molecule has 0 spiro atoms. The van der Waals surface area contributed by atoms with E-state index in [2.05, 4.69) is 15.0 Å². The molecular weight excluding hydrogens is 448 g/mol. The highest BCUT2D eigenvalue weighted by molar-refractivity contribution is 8.15. The number of aliphatic imine (C=N–C) groups is 1. The minimum absolute atomic E-state index is 0.0409. The molecule has 6 nitrogen and oxygen atoms in total. The van der Waals surface area contributed by atoms with Crippen molar-refractivity contribution in [3.63, 3.8) is 0 Å². The average Bonchev–Trinajstić information content (AvgIpc) is 2.98. The maximum atomic E-state index is 13.0. The van der Waals surface area contributed by atoms with Crippen LogP contribution >= 0.6 is 23.4 Å². The summed E-state index contributed by atoms with van der Waals surface area (Å²) in [4.78, 5) is 31.0. The van der Waals surface area contributed by atoms with E-state index in [0.717, 1.165) is 5.56 Å². The van der Waals surface area contributed by atoms with E-state index in [1.54, 1.807) is 0 Å². The van der Waals surface area contributed by atoms with Gasteiger partial charge >= 0.3 is 5.57 Å². The van der Waals surface area contributed by atoms with Crippen LogP contribution in [-0.4, -0.2) is 39.2 Å².